The van der Waals surface area contributed by atoms with Crippen molar-refractivity contribution in [1.29, 1.82) is 0 Å². The van der Waals surface area contributed by atoms with Crippen molar-refractivity contribution >= 4 is 36.4 Å². The highest BCUT2D eigenvalue weighted by Crippen LogP contribution is 2.18. The highest BCUT2D eigenvalue weighted by atomic mass is 35.5. The molecule has 6 nitrogen and oxygen atoms in total. The Hall–Kier alpha value is -1.89. The van der Waals surface area contributed by atoms with Crippen molar-refractivity contribution in [1.82, 2.24) is 15.2 Å². The highest BCUT2D eigenvalue weighted by molar-refractivity contribution is 5.90. The first-order valence-electron chi connectivity index (χ1n) is 6.85. The molecule has 0 unspecified atom stereocenters. The minimum atomic E-state index is 0. The lowest BCUT2D eigenvalue weighted by molar-refractivity contribution is -0.116. The molecule has 1 amide bonds. The molecule has 1 aromatic carbocycles. The number of nitrogens with zero attached hydrogens (tertiary/aromatic N) is 2. The number of H-pyrrole nitrogens is 1. The summed E-state index contributed by atoms with van der Waals surface area (Å²) < 4.78 is 0. The van der Waals surface area contributed by atoms with Gasteiger partial charge < -0.3 is 11.1 Å². The topological polar surface area (TPSA) is 96.7 Å². The maximum Gasteiger partial charge on any atom is 0.224 e. The first kappa shape index (κ1) is 21.1. The predicted molar refractivity (Wildman–Crippen MR) is 96.9 cm³/mol. The number of unbranched alkanes of at least 4 members (excludes halogenated alkanes) is 1. The third-order valence-corrected chi connectivity index (χ3v) is 2.96. The summed E-state index contributed by atoms with van der Waals surface area (Å²) in [5.74, 6) is 1.25. The lowest BCUT2D eigenvalue weighted by Crippen LogP contribution is -2.10. The van der Waals surface area contributed by atoms with Crippen molar-refractivity contribution in [3.05, 3.63) is 42.7 Å². The Labute approximate surface area is 147 Å². The van der Waals surface area contributed by atoms with Crippen molar-refractivity contribution in [2.24, 2.45) is 5.73 Å². The van der Waals surface area contributed by atoms with E-state index < -0.39 is 0 Å². The predicted octanol–water partition coefficient (Wildman–Crippen LogP) is 3.07. The Morgan fingerprint density at radius 3 is 2.57 bits per heavy atom. The Bertz CT molecular complexity index is 613. The highest BCUT2D eigenvalue weighted by Gasteiger charge is 2.06. The molecule has 0 aliphatic rings. The molecule has 0 aliphatic carbocycles. The zero-order chi connectivity index (χ0) is 15.1. The summed E-state index contributed by atoms with van der Waals surface area (Å²) in [6.07, 6.45) is 3.97. The van der Waals surface area contributed by atoms with Crippen molar-refractivity contribution in [2.75, 3.05) is 5.32 Å². The number of carbonyl (C=O) groups is 1. The molecule has 0 fully saturated rings. The van der Waals surface area contributed by atoms with Crippen molar-refractivity contribution in [2.45, 2.75) is 25.8 Å². The zero-order valence-electron chi connectivity index (χ0n) is 12.6. The number of aromatic amines is 1. The van der Waals surface area contributed by atoms with Crippen LogP contribution in [0.3, 0.4) is 0 Å². The lowest BCUT2D eigenvalue weighted by Gasteiger charge is -2.05. The van der Waals surface area contributed by atoms with Crippen LogP contribution in [0.2, 0.25) is 0 Å². The van der Waals surface area contributed by atoms with Crippen molar-refractivity contribution in [3.8, 4) is 11.4 Å². The maximum absolute atomic E-state index is 11.7. The van der Waals surface area contributed by atoms with Crippen LogP contribution < -0.4 is 11.1 Å². The first-order valence-corrected chi connectivity index (χ1v) is 6.85. The number of halogens is 2. The summed E-state index contributed by atoms with van der Waals surface area (Å²) in [6.45, 7) is 3.96. The van der Waals surface area contributed by atoms with E-state index in [4.69, 9.17) is 5.73 Å². The van der Waals surface area contributed by atoms with E-state index >= 15 is 0 Å². The van der Waals surface area contributed by atoms with E-state index in [2.05, 4.69) is 27.1 Å². The molecule has 0 aliphatic heterocycles. The molecule has 126 valence electrons. The third kappa shape index (κ3) is 6.40. The number of nitrogens with two attached hydrogens (primary N) is 1. The Morgan fingerprint density at radius 2 is 2.00 bits per heavy atom. The summed E-state index contributed by atoms with van der Waals surface area (Å²) >= 11 is 0. The number of aromatic nitrogens is 3. The molecule has 23 heavy (non-hydrogen) atoms. The number of hydrogen-bond donors (Lipinski definition) is 3. The van der Waals surface area contributed by atoms with Gasteiger partial charge in [0.2, 0.25) is 5.91 Å². The molecule has 1 heterocycles. The second kappa shape index (κ2) is 10.8. The van der Waals surface area contributed by atoms with Crippen molar-refractivity contribution < 1.29 is 4.79 Å². The molecule has 0 saturated carbocycles. The molecular weight excluding hydrogens is 337 g/mol. The van der Waals surface area contributed by atoms with Crippen LogP contribution in [-0.4, -0.2) is 21.1 Å². The van der Waals surface area contributed by atoms with Gasteiger partial charge in [-0.05, 0) is 37.1 Å². The molecule has 4 N–H and O–H groups in total. The largest absolute Gasteiger partial charge is 0.326 e. The quantitative estimate of drug-likeness (QED) is 0.523. The van der Waals surface area contributed by atoms with E-state index in [1.54, 1.807) is 0 Å². The molecule has 2 aromatic rings. The first-order chi connectivity index (χ1) is 10.2. The number of carbonyl (C=O) groups excluding carboxylic acids is 1. The van der Waals surface area contributed by atoms with Crippen molar-refractivity contribution in [3.63, 3.8) is 0 Å². The van der Waals surface area contributed by atoms with Crippen LogP contribution >= 0.6 is 24.8 Å². The summed E-state index contributed by atoms with van der Waals surface area (Å²) in [5.41, 5.74) is 7.11. The van der Waals surface area contributed by atoms with Crippen LogP contribution in [0.5, 0.6) is 0 Å². The van der Waals surface area contributed by atoms with E-state index in [9.17, 15) is 4.79 Å². The van der Waals surface area contributed by atoms with Gasteiger partial charge in [0, 0.05) is 17.7 Å². The molecular formula is C15H21Cl2N5O. The standard InChI is InChI=1S/C15H19N5O.2ClH/c1-2-3-4-5-14(21)17-12-8-6-11(7-9-12)15-18-13(10-16)19-20-15;;/h2,6-9H,1,3-5,10,16H2,(H,17,21)(H,18,19,20);2*1H. The molecule has 0 radical (unpaired) electrons. The van der Waals surface area contributed by atoms with Gasteiger partial charge in [-0.1, -0.05) is 6.08 Å². The fourth-order valence-corrected chi connectivity index (χ4v) is 1.85. The van der Waals surface area contributed by atoms with E-state index in [-0.39, 0.29) is 30.7 Å². The van der Waals surface area contributed by atoms with Gasteiger partial charge in [0.05, 0.1) is 6.54 Å². The molecule has 0 spiro atoms. The van der Waals surface area contributed by atoms with Crippen LogP contribution in [-0.2, 0) is 11.3 Å². The molecule has 0 bridgehead atoms. The Morgan fingerprint density at radius 1 is 1.30 bits per heavy atom. The summed E-state index contributed by atoms with van der Waals surface area (Å²) in [5, 5.41) is 9.70. The minimum absolute atomic E-state index is 0. The average Bonchev–Trinajstić information content (AvgIpc) is 2.97. The number of rotatable bonds is 7. The minimum Gasteiger partial charge on any atom is -0.326 e. The fraction of sp³-hybridized carbons (Fsp3) is 0.267. The number of amides is 1. The van der Waals surface area contributed by atoms with Crippen LogP contribution in [0.1, 0.15) is 25.1 Å². The molecule has 2 rings (SSSR count). The second-order valence-corrected chi connectivity index (χ2v) is 4.62. The van der Waals surface area contributed by atoms with Gasteiger partial charge in [0.15, 0.2) is 5.82 Å². The third-order valence-electron chi connectivity index (χ3n) is 2.96. The molecule has 0 saturated heterocycles. The normalized spacial score (nSPS) is 9.43. The summed E-state index contributed by atoms with van der Waals surface area (Å²) in [4.78, 5) is 15.9. The van der Waals surface area contributed by atoms with E-state index in [1.807, 2.05) is 30.3 Å². The van der Waals surface area contributed by atoms with Crippen LogP contribution in [0, 0.1) is 0 Å². The second-order valence-electron chi connectivity index (χ2n) is 4.62. The molecule has 1 aromatic heterocycles. The monoisotopic (exact) mass is 357 g/mol. The van der Waals surface area contributed by atoms with Gasteiger partial charge in [-0.2, -0.15) is 5.10 Å². The smallest absolute Gasteiger partial charge is 0.224 e. The number of anilines is 1. The average molecular weight is 358 g/mol. The van der Waals surface area contributed by atoms with Gasteiger partial charge in [0.25, 0.3) is 0 Å². The van der Waals surface area contributed by atoms with E-state index in [0.29, 0.717) is 24.6 Å². The van der Waals surface area contributed by atoms with Gasteiger partial charge in [-0.3, -0.25) is 9.89 Å². The number of hydrogen-bond acceptors (Lipinski definition) is 4. The van der Waals surface area contributed by atoms with Crippen LogP contribution in [0.15, 0.2) is 36.9 Å². The van der Waals surface area contributed by atoms with Crippen LogP contribution in [0.4, 0.5) is 5.69 Å². The van der Waals surface area contributed by atoms with E-state index in [1.165, 1.54) is 0 Å². The number of allylic oxidation sites excluding steroid dienone is 1. The molecule has 0 atom stereocenters. The zero-order valence-corrected chi connectivity index (χ0v) is 14.3. The van der Waals surface area contributed by atoms with Gasteiger partial charge in [-0.15, -0.1) is 31.4 Å². The van der Waals surface area contributed by atoms with Gasteiger partial charge in [-0.25, -0.2) is 4.98 Å². The summed E-state index contributed by atoms with van der Waals surface area (Å²) in [7, 11) is 0. The van der Waals surface area contributed by atoms with Gasteiger partial charge >= 0.3 is 0 Å². The maximum atomic E-state index is 11.7. The number of nitrogens with one attached hydrogen (secondary N) is 2. The molecule has 8 heteroatoms. The van der Waals surface area contributed by atoms with E-state index in [0.717, 1.165) is 24.1 Å². The lowest BCUT2D eigenvalue weighted by atomic mass is 10.2. The Balaban J connectivity index is 0.00000242. The fourth-order valence-electron chi connectivity index (χ4n) is 1.85. The number of benzene rings is 1. The Kier molecular flexibility index (Phi) is 9.89. The SMILES string of the molecule is C=CCCCC(=O)Nc1ccc(-c2n[nH]c(CN)n2)cc1.Cl.Cl. The van der Waals surface area contributed by atoms with Gasteiger partial charge in [0.1, 0.15) is 5.82 Å². The summed E-state index contributed by atoms with van der Waals surface area (Å²) in [6, 6.07) is 7.39. The van der Waals surface area contributed by atoms with Crippen LogP contribution in [0.25, 0.3) is 11.4 Å².